The molecule has 0 spiro atoms. The Kier molecular flexibility index (Phi) is 8.23. The van der Waals surface area contributed by atoms with Crippen molar-refractivity contribution >= 4 is 27.8 Å². The molecule has 0 saturated carbocycles. The van der Waals surface area contributed by atoms with Gasteiger partial charge in [0.25, 0.3) is 0 Å². The molecule has 0 aliphatic heterocycles. The summed E-state index contributed by atoms with van der Waals surface area (Å²) in [5.74, 6) is 0. The maximum Gasteiger partial charge on any atom is 0.0546 e. The first-order chi connectivity index (χ1) is 27.5. The summed E-state index contributed by atoms with van der Waals surface area (Å²) in [6, 6.07) is 77.5. The Hall–Kier alpha value is -6.96. The van der Waals surface area contributed by atoms with Gasteiger partial charge in [-0.3, -0.25) is 0 Å². The van der Waals surface area contributed by atoms with Gasteiger partial charge in [0.2, 0.25) is 0 Å². The molecule has 0 aromatic heterocycles. The van der Waals surface area contributed by atoms with Crippen molar-refractivity contribution in [1.82, 2.24) is 0 Å². The van der Waals surface area contributed by atoms with E-state index in [-0.39, 0.29) is 5.41 Å². The fourth-order valence-corrected chi connectivity index (χ4v) is 8.82. The molecule has 1 heteroatoms. The summed E-state index contributed by atoms with van der Waals surface area (Å²) in [4.78, 5) is 2.44. The van der Waals surface area contributed by atoms with Gasteiger partial charge in [0.05, 0.1) is 5.69 Å². The van der Waals surface area contributed by atoms with Crippen LogP contribution in [0.3, 0.4) is 0 Å². The van der Waals surface area contributed by atoms with E-state index in [1.165, 1.54) is 83.2 Å². The average molecular weight is 716 g/mol. The minimum Gasteiger partial charge on any atom is -0.310 e. The van der Waals surface area contributed by atoms with Gasteiger partial charge in [-0.15, -0.1) is 0 Å². The van der Waals surface area contributed by atoms with Crippen LogP contribution in [0.1, 0.15) is 25.0 Å². The zero-order chi connectivity index (χ0) is 37.6. The number of rotatable bonds is 7. The number of anilines is 3. The van der Waals surface area contributed by atoms with Crippen LogP contribution in [-0.4, -0.2) is 0 Å². The standard InChI is InChI=1S/C55H41N/c1-55(2)52-36-45(44-24-22-41(23-25-44)38-14-6-3-7-15-38)30-35-48(52)51-37-53(49-20-12-13-21-50(49)54(51)55)56(46-31-26-42(27-32-46)39-16-8-4-9-17-39)47-33-28-43(29-34-47)40-18-10-5-11-19-40/h3-37H,1-2H3. The summed E-state index contributed by atoms with van der Waals surface area (Å²) in [7, 11) is 0. The van der Waals surface area contributed by atoms with Crippen LogP contribution < -0.4 is 4.90 Å². The molecule has 0 saturated heterocycles. The second-order valence-corrected chi connectivity index (χ2v) is 15.4. The van der Waals surface area contributed by atoms with Crippen molar-refractivity contribution in [1.29, 1.82) is 0 Å². The first kappa shape index (κ1) is 33.6. The smallest absolute Gasteiger partial charge is 0.0546 e. The van der Waals surface area contributed by atoms with E-state index >= 15 is 0 Å². The van der Waals surface area contributed by atoms with E-state index in [1.54, 1.807) is 0 Å². The molecule has 266 valence electrons. The second-order valence-electron chi connectivity index (χ2n) is 15.4. The van der Waals surface area contributed by atoms with Crippen LogP contribution >= 0.6 is 0 Å². The van der Waals surface area contributed by atoms with Gasteiger partial charge in [-0.05, 0) is 109 Å². The highest BCUT2D eigenvalue weighted by Crippen LogP contribution is 2.55. The maximum absolute atomic E-state index is 2.45. The molecule has 0 fully saturated rings. The van der Waals surface area contributed by atoms with Crippen LogP contribution in [0, 0.1) is 0 Å². The predicted octanol–water partition coefficient (Wildman–Crippen LogP) is 15.3. The SMILES string of the molecule is CC1(C)c2cc(-c3ccc(-c4ccccc4)cc3)ccc2-c2cc(N(c3ccc(-c4ccccc4)cc3)c3ccc(-c4ccccc4)cc3)c3ccccc3c21. The molecule has 0 bridgehead atoms. The highest BCUT2D eigenvalue weighted by atomic mass is 15.1. The van der Waals surface area contributed by atoms with Crippen molar-refractivity contribution in [2.24, 2.45) is 0 Å². The van der Waals surface area contributed by atoms with Gasteiger partial charge in [-0.2, -0.15) is 0 Å². The minimum absolute atomic E-state index is 0.192. The third-order valence-electron chi connectivity index (χ3n) is 11.7. The Morgan fingerprint density at radius 2 is 0.696 bits per heavy atom. The van der Waals surface area contributed by atoms with Crippen LogP contribution in [0.5, 0.6) is 0 Å². The van der Waals surface area contributed by atoms with Gasteiger partial charge in [-0.1, -0.05) is 190 Å². The Balaban J connectivity index is 1.12. The van der Waals surface area contributed by atoms with Crippen molar-refractivity contribution < 1.29 is 0 Å². The van der Waals surface area contributed by atoms with E-state index in [0.29, 0.717) is 0 Å². The van der Waals surface area contributed by atoms with Crippen molar-refractivity contribution in [2.45, 2.75) is 19.3 Å². The molecule has 0 heterocycles. The number of hydrogen-bond donors (Lipinski definition) is 0. The molecule has 0 atom stereocenters. The molecule has 0 amide bonds. The molecule has 0 N–H and O–H groups in total. The van der Waals surface area contributed by atoms with E-state index in [4.69, 9.17) is 0 Å². The lowest BCUT2D eigenvalue weighted by Gasteiger charge is -2.30. The van der Waals surface area contributed by atoms with E-state index < -0.39 is 0 Å². The van der Waals surface area contributed by atoms with Crippen LogP contribution in [0.25, 0.3) is 66.4 Å². The van der Waals surface area contributed by atoms with Gasteiger partial charge in [0, 0.05) is 22.2 Å². The van der Waals surface area contributed by atoms with E-state index in [9.17, 15) is 0 Å². The van der Waals surface area contributed by atoms with Gasteiger partial charge >= 0.3 is 0 Å². The Morgan fingerprint density at radius 3 is 1.18 bits per heavy atom. The van der Waals surface area contributed by atoms with Gasteiger partial charge < -0.3 is 4.90 Å². The lowest BCUT2D eigenvalue weighted by atomic mass is 9.79. The minimum atomic E-state index is -0.192. The normalized spacial score (nSPS) is 12.6. The van der Waals surface area contributed by atoms with Crippen molar-refractivity contribution in [3.8, 4) is 55.6 Å². The molecular formula is C55H41N. The highest BCUT2D eigenvalue weighted by molar-refractivity contribution is 6.07. The van der Waals surface area contributed by atoms with Crippen LogP contribution in [0.4, 0.5) is 17.1 Å². The van der Waals surface area contributed by atoms with E-state index in [1.807, 2.05) is 0 Å². The molecule has 1 nitrogen and oxygen atoms in total. The molecule has 10 rings (SSSR count). The van der Waals surface area contributed by atoms with Crippen LogP contribution in [-0.2, 0) is 5.41 Å². The topological polar surface area (TPSA) is 3.24 Å². The molecule has 1 aliphatic rings. The van der Waals surface area contributed by atoms with Crippen molar-refractivity contribution in [3.63, 3.8) is 0 Å². The predicted molar refractivity (Wildman–Crippen MR) is 238 cm³/mol. The number of nitrogens with zero attached hydrogens (tertiary/aromatic N) is 1. The van der Waals surface area contributed by atoms with Crippen LogP contribution in [0.15, 0.2) is 212 Å². The Labute approximate surface area is 329 Å². The summed E-state index contributed by atoms with van der Waals surface area (Å²) in [5, 5.41) is 2.53. The Bertz CT molecular complexity index is 2740. The number of benzene rings is 9. The summed E-state index contributed by atoms with van der Waals surface area (Å²) in [6.07, 6.45) is 0. The third-order valence-corrected chi connectivity index (χ3v) is 11.7. The molecule has 0 unspecified atom stereocenters. The summed E-state index contributed by atoms with van der Waals surface area (Å²) in [5.41, 5.74) is 18.4. The first-order valence-electron chi connectivity index (χ1n) is 19.5. The summed E-state index contributed by atoms with van der Waals surface area (Å²) >= 11 is 0. The monoisotopic (exact) mass is 715 g/mol. The van der Waals surface area contributed by atoms with Gasteiger partial charge in [-0.25, -0.2) is 0 Å². The lowest BCUT2D eigenvalue weighted by Crippen LogP contribution is -2.16. The zero-order valence-corrected chi connectivity index (χ0v) is 31.7. The molecule has 56 heavy (non-hydrogen) atoms. The molecular weight excluding hydrogens is 675 g/mol. The maximum atomic E-state index is 2.45. The Morgan fingerprint density at radius 1 is 0.321 bits per heavy atom. The third kappa shape index (κ3) is 5.81. The van der Waals surface area contributed by atoms with E-state index in [2.05, 4.69) is 231 Å². The summed E-state index contributed by atoms with van der Waals surface area (Å²) in [6.45, 7) is 4.79. The quantitative estimate of drug-likeness (QED) is 0.159. The molecule has 1 aliphatic carbocycles. The molecule has 9 aromatic carbocycles. The van der Waals surface area contributed by atoms with E-state index in [0.717, 1.165) is 11.4 Å². The van der Waals surface area contributed by atoms with Gasteiger partial charge in [0.15, 0.2) is 0 Å². The fraction of sp³-hybridized carbons (Fsp3) is 0.0545. The second kappa shape index (κ2) is 13.7. The van der Waals surface area contributed by atoms with Crippen LogP contribution in [0.2, 0.25) is 0 Å². The van der Waals surface area contributed by atoms with Gasteiger partial charge in [0.1, 0.15) is 0 Å². The average Bonchev–Trinajstić information content (AvgIpc) is 3.50. The summed E-state index contributed by atoms with van der Waals surface area (Å²) < 4.78 is 0. The highest BCUT2D eigenvalue weighted by Gasteiger charge is 2.38. The molecule has 0 radical (unpaired) electrons. The van der Waals surface area contributed by atoms with Crippen molar-refractivity contribution in [2.75, 3.05) is 4.90 Å². The zero-order valence-electron chi connectivity index (χ0n) is 31.7. The number of hydrogen-bond acceptors (Lipinski definition) is 1. The largest absolute Gasteiger partial charge is 0.310 e. The fourth-order valence-electron chi connectivity index (χ4n) is 8.82. The molecule has 9 aromatic rings. The number of fused-ring (bicyclic) bond motifs is 5. The lowest BCUT2D eigenvalue weighted by molar-refractivity contribution is 0.666. The van der Waals surface area contributed by atoms with Crippen molar-refractivity contribution in [3.05, 3.63) is 223 Å². The first-order valence-corrected chi connectivity index (χ1v) is 19.5.